The van der Waals surface area contributed by atoms with Gasteiger partial charge < -0.3 is 19.1 Å². The topological polar surface area (TPSA) is 151 Å². The van der Waals surface area contributed by atoms with Gasteiger partial charge in [0.2, 0.25) is 0 Å². The highest BCUT2D eigenvalue weighted by molar-refractivity contribution is 7.89. The summed E-state index contributed by atoms with van der Waals surface area (Å²) in [5, 5.41) is 4.64. The van der Waals surface area contributed by atoms with E-state index in [-0.39, 0.29) is 22.6 Å². The molecule has 0 N–H and O–H groups in total. The zero-order valence-electron chi connectivity index (χ0n) is 30.5. The maximum absolute atomic E-state index is 14.0. The minimum atomic E-state index is -4.34. The van der Waals surface area contributed by atoms with Gasteiger partial charge in [0.1, 0.15) is 16.7 Å². The van der Waals surface area contributed by atoms with E-state index in [1.807, 2.05) is 16.9 Å². The van der Waals surface area contributed by atoms with Crippen LogP contribution in [-0.2, 0) is 24.2 Å². The highest BCUT2D eigenvalue weighted by Crippen LogP contribution is 2.36. The van der Waals surface area contributed by atoms with Crippen LogP contribution < -0.4 is 4.90 Å². The average Bonchev–Trinajstić information content (AvgIpc) is 3.81. The molecule has 2 saturated heterocycles. The number of anilines is 1. The molecule has 2 fully saturated rings. The van der Waals surface area contributed by atoms with Gasteiger partial charge in [-0.25, -0.2) is 36.8 Å². The Kier molecular flexibility index (Phi) is 9.65. The molecule has 0 radical (unpaired) electrons. The van der Waals surface area contributed by atoms with Crippen molar-refractivity contribution in [2.24, 2.45) is 0 Å². The number of aromatic nitrogens is 5. The third-order valence-corrected chi connectivity index (χ3v) is 10.6. The molecule has 1 aromatic carbocycles. The Bertz CT molecular complexity index is 2050. The van der Waals surface area contributed by atoms with Gasteiger partial charge in [-0.2, -0.15) is 5.10 Å². The fourth-order valence-electron chi connectivity index (χ4n) is 6.36. The molecule has 0 saturated carbocycles. The average molecular weight is 722 g/mol. The lowest BCUT2D eigenvalue weighted by atomic mass is 10.1. The number of sulfonamides is 1. The van der Waals surface area contributed by atoms with Crippen molar-refractivity contribution in [1.82, 2.24) is 28.6 Å². The summed E-state index contributed by atoms with van der Waals surface area (Å²) in [7, 11) is -3.15. The molecule has 2 aliphatic rings. The Morgan fingerprint density at radius 2 is 1.65 bits per heavy atom. The van der Waals surface area contributed by atoms with Crippen molar-refractivity contribution in [1.29, 1.82) is 0 Å². The summed E-state index contributed by atoms with van der Waals surface area (Å²) in [6, 6.07) is 5.32. The zero-order chi connectivity index (χ0) is 36.9. The van der Waals surface area contributed by atoms with Crippen molar-refractivity contribution in [2.75, 3.05) is 31.7 Å². The summed E-state index contributed by atoms with van der Waals surface area (Å²) < 4.78 is 48.5. The minimum absolute atomic E-state index is 0.0892. The largest absolute Gasteiger partial charge is 0.443 e. The Labute approximate surface area is 298 Å². The lowest BCUT2D eigenvalue weighted by molar-refractivity contribution is 0.0419. The number of fused-ring (bicyclic) bond motifs is 1. The van der Waals surface area contributed by atoms with E-state index in [1.54, 1.807) is 60.0 Å². The first kappa shape index (κ1) is 36.3. The molecule has 0 unspecified atom stereocenters. The summed E-state index contributed by atoms with van der Waals surface area (Å²) in [4.78, 5) is 38.1. The van der Waals surface area contributed by atoms with Crippen molar-refractivity contribution in [3.8, 4) is 22.4 Å². The minimum Gasteiger partial charge on any atom is -0.443 e. The molecule has 0 spiro atoms. The highest BCUT2D eigenvalue weighted by atomic mass is 32.2. The maximum Gasteiger partial charge on any atom is 0.424 e. The number of ether oxygens (including phenoxy) is 3. The van der Waals surface area contributed by atoms with Crippen LogP contribution in [0.2, 0.25) is 0 Å². The lowest BCUT2D eigenvalue weighted by Gasteiger charge is -2.27. The standard InChI is InChI=1S/C36H47N7O7S/c1-23-10-9-13-41(23)27-16-24(17-28(18-27)51(46,47)40(8)33(44)49-35(2,3)4)30-20-37-32-31(39-30)29(22-42(32)34(45)50-36(5,6)7)25-19-38-43(21-25)26-11-14-48-15-12-26/h16-23,26H,9-15H2,1-8H3/t23-/m1/s1. The van der Waals surface area contributed by atoms with Crippen LogP contribution in [0.4, 0.5) is 15.3 Å². The Morgan fingerprint density at radius 1 is 0.941 bits per heavy atom. The molecule has 15 heteroatoms. The van der Waals surface area contributed by atoms with E-state index in [0.717, 1.165) is 37.8 Å². The van der Waals surface area contributed by atoms with Gasteiger partial charge in [0, 0.05) is 67.6 Å². The van der Waals surface area contributed by atoms with Gasteiger partial charge in [-0.05, 0) is 92.3 Å². The van der Waals surface area contributed by atoms with Crippen LogP contribution in [0.3, 0.4) is 0 Å². The normalized spacial score (nSPS) is 17.6. The first-order valence-electron chi connectivity index (χ1n) is 17.3. The van der Waals surface area contributed by atoms with Crippen LogP contribution in [0.15, 0.2) is 47.9 Å². The SMILES string of the molecule is C[C@@H]1CCCN1c1cc(-c2cnc3c(n2)c(-c2cnn(C4CCOCC4)c2)cn3C(=O)OC(C)(C)C)cc(S(=O)(=O)N(C)C(=O)OC(C)(C)C)c1. The van der Waals surface area contributed by atoms with Gasteiger partial charge in [0.25, 0.3) is 10.0 Å². The molecule has 6 rings (SSSR count). The van der Waals surface area contributed by atoms with E-state index in [0.29, 0.717) is 45.5 Å². The van der Waals surface area contributed by atoms with Crippen LogP contribution in [0.5, 0.6) is 0 Å². The van der Waals surface area contributed by atoms with Crippen LogP contribution in [0.1, 0.15) is 80.2 Å². The van der Waals surface area contributed by atoms with E-state index < -0.39 is 33.4 Å². The third kappa shape index (κ3) is 7.74. The second-order valence-corrected chi connectivity index (χ2v) is 17.2. The van der Waals surface area contributed by atoms with Gasteiger partial charge in [0.15, 0.2) is 5.65 Å². The zero-order valence-corrected chi connectivity index (χ0v) is 31.4. The molecule has 0 aliphatic carbocycles. The van der Waals surface area contributed by atoms with Crippen LogP contribution in [0.25, 0.3) is 33.5 Å². The molecule has 51 heavy (non-hydrogen) atoms. The molecule has 5 heterocycles. The Morgan fingerprint density at radius 3 is 2.29 bits per heavy atom. The lowest BCUT2D eigenvalue weighted by Crippen LogP contribution is -2.38. The highest BCUT2D eigenvalue weighted by Gasteiger charge is 2.32. The predicted octanol–water partition coefficient (Wildman–Crippen LogP) is 6.64. The fraction of sp³-hybridized carbons (Fsp3) is 0.528. The van der Waals surface area contributed by atoms with Crippen molar-refractivity contribution >= 4 is 39.1 Å². The van der Waals surface area contributed by atoms with Crippen LogP contribution >= 0.6 is 0 Å². The van der Waals surface area contributed by atoms with Gasteiger partial charge >= 0.3 is 12.2 Å². The number of hydrogen-bond donors (Lipinski definition) is 0. The molecule has 0 bridgehead atoms. The van der Waals surface area contributed by atoms with E-state index in [9.17, 15) is 18.0 Å². The quantitative estimate of drug-likeness (QED) is 0.211. The predicted molar refractivity (Wildman–Crippen MR) is 192 cm³/mol. The second kappa shape index (κ2) is 13.6. The summed E-state index contributed by atoms with van der Waals surface area (Å²) in [6.07, 6.45) is 8.84. The number of nitrogens with zero attached hydrogens (tertiary/aromatic N) is 7. The van der Waals surface area contributed by atoms with E-state index in [2.05, 4.69) is 16.9 Å². The molecule has 3 aromatic heterocycles. The molecule has 274 valence electrons. The Hall–Kier alpha value is -4.50. The first-order valence-corrected chi connectivity index (χ1v) is 18.7. The van der Waals surface area contributed by atoms with E-state index in [1.165, 1.54) is 23.9 Å². The second-order valence-electron chi connectivity index (χ2n) is 15.2. The number of carbonyl (C=O) groups is 2. The molecular weight excluding hydrogens is 675 g/mol. The molecule has 1 amide bonds. The van der Waals surface area contributed by atoms with E-state index in [4.69, 9.17) is 24.2 Å². The van der Waals surface area contributed by atoms with Gasteiger partial charge in [-0.15, -0.1) is 0 Å². The maximum atomic E-state index is 14.0. The van der Waals surface area contributed by atoms with Crippen molar-refractivity contribution in [3.63, 3.8) is 0 Å². The molecular formula is C36H47N7O7S. The van der Waals surface area contributed by atoms with Gasteiger partial charge in [0.05, 0.1) is 29.0 Å². The Balaban J connectivity index is 1.49. The fourth-order valence-corrected chi connectivity index (χ4v) is 7.46. The number of rotatable bonds is 6. The van der Waals surface area contributed by atoms with Gasteiger partial charge in [-0.3, -0.25) is 4.68 Å². The summed E-state index contributed by atoms with van der Waals surface area (Å²) >= 11 is 0. The molecule has 2 aliphatic heterocycles. The molecule has 4 aromatic rings. The summed E-state index contributed by atoms with van der Waals surface area (Å²) in [5.41, 5.74) is 1.95. The molecule has 14 nitrogen and oxygen atoms in total. The van der Waals surface area contributed by atoms with E-state index >= 15 is 0 Å². The number of hydrogen-bond acceptors (Lipinski definition) is 11. The van der Waals surface area contributed by atoms with Crippen molar-refractivity contribution in [3.05, 3.63) is 43.0 Å². The van der Waals surface area contributed by atoms with Crippen LogP contribution in [-0.4, -0.2) is 93.3 Å². The number of benzene rings is 1. The monoisotopic (exact) mass is 721 g/mol. The number of amides is 1. The summed E-state index contributed by atoms with van der Waals surface area (Å²) in [6.45, 7) is 14.6. The molecule has 1 atom stereocenters. The van der Waals surface area contributed by atoms with Crippen molar-refractivity contribution in [2.45, 2.75) is 102 Å². The van der Waals surface area contributed by atoms with Gasteiger partial charge in [-0.1, -0.05) is 0 Å². The number of carbonyl (C=O) groups excluding carboxylic acids is 2. The third-order valence-electron chi connectivity index (χ3n) is 8.94. The first-order chi connectivity index (χ1) is 23.9. The summed E-state index contributed by atoms with van der Waals surface area (Å²) in [5.74, 6) is 0. The van der Waals surface area contributed by atoms with Crippen molar-refractivity contribution < 1.29 is 32.2 Å². The van der Waals surface area contributed by atoms with Crippen LogP contribution in [0, 0.1) is 0 Å². The smallest absolute Gasteiger partial charge is 0.424 e.